The minimum Gasteiger partial charge on any atom is -0.507 e. The van der Waals surface area contributed by atoms with Gasteiger partial charge in [-0.25, -0.2) is 0 Å². The van der Waals surface area contributed by atoms with Gasteiger partial charge in [0.25, 0.3) is 0 Å². The van der Waals surface area contributed by atoms with Crippen LogP contribution < -0.4 is 11.2 Å². The molecule has 15 nitrogen and oxygen atoms in total. The highest BCUT2D eigenvalue weighted by Gasteiger charge is 2.59. The third-order valence-electron chi connectivity index (χ3n) is 9.44. The van der Waals surface area contributed by atoms with E-state index in [1.807, 2.05) is 0 Å². The van der Waals surface area contributed by atoms with Crippen LogP contribution >= 0.6 is 0 Å². The first-order chi connectivity index (χ1) is 21.2. The van der Waals surface area contributed by atoms with Crippen LogP contribution in [0, 0.1) is 11.3 Å². The number of aliphatic hydroxyl groups excluding tert-OH is 5. The number of nitrogens with two attached hydrogens (primary N) is 1. The monoisotopic (exact) mass is 631 g/mol. The second-order valence-electron chi connectivity index (χ2n) is 12.1. The van der Waals surface area contributed by atoms with E-state index in [1.54, 1.807) is 6.07 Å². The molecule has 3 fully saturated rings. The van der Waals surface area contributed by atoms with E-state index in [2.05, 4.69) is 4.74 Å². The maximum Gasteiger partial charge on any atom is 0.331 e. The van der Waals surface area contributed by atoms with E-state index < -0.39 is 103 Å². The number of benzene rings is 1. The molecule has 45 heavy (non-hydrogen) atoms. The summed E-state index contributed by atoms with van der Waals surface area (Å²) >= 11 is 0. The van der Waals surface area contributed by atoms with E-state index >= 15 is 0 Å². The van der Waals surface area contributed by atoms with Crippen molar-refractivity contribution in [2.75, 3.05) is 13.2 Å². The molecule has 1 saturated carbocycles. The molecule has 0 amide bonds. The van der Waals surface area contributed by atoms with Gasteiger partial charge in [0.1, 0.15) is 24.2 Å². The van der Waals surface area contributed by atoms with E-state index in [4.69, 9.17) is 15.2 Å². The van der Waals surface area contributed by atoms with Crippen LogP contribution in [0.15, 0.2) is 34.6 Å². The predicted molar refractivity (Wildman–Crippen MR) is 150 cm³/mol. The third kappa shape index (κ3) is 4.87. The average Bonchev–Trinajstić information content (AvgIpc) is 3.09. The first-order valence-corrected chi connectivity index (χ1v) is 14.3. The number of esters is 2. The van der Waals surface area contributed by atoms with Crippen LogP contribution in [0.2, 0.25) is 0 Å². The van der Waals surface area contributed by atoms with Gasteiger partial charge < -0.3 is 60.8 Å². The van der Waals surface area contributed by atoms with Crippen molar-refractivity contribution < 1.29 is 64.7 Å². The first-order valence-electron chi connectivity index (χ1n) is 14.3. The average molecular weight is 632 g/mol. The molecule has 0 spiro atoms. The van der Waals surface area contributed by atoms with Crippen molar-refractivity contribution in [1.29, 1.82) is 0 Å². The zero-order valence-electron chi connectivity index (χ0n) is 23.6. The minimum atomic E-state index is -2.45. The molecule has 6 rings (SSSR count). The first kappa shape index (κ1) is 31.6. The van der Waals surface area contributed by atoms with Crippen molar-refractivity contribution in [1.82, 2.24) is 0 Å². The number of aliphatic hydroxyl groups is 7. The van der Waals surface area contributed by atoms with Crippen molar-refractivity contribution in [2.45, 2.75) is 67.9 Å². The zero-order chi connectivity index (χ0) is 32.6. The summed E-state index contributed by atoms with van der Waals surface area (Å²) in [5.41, 5.74) is 3.63. The number of hydrogen-bond donors (Lipinski definition) is 9. The lowest BCUT2D eigenvalue weighted by Gasteiger charge is -2.36. The topological polar surface area (TPSA) is 267 Å². The Balaban J connectivity index is 1.35. The number of cyclic esters (lactones) is 2. The number of aromatic hydroxyl groups is 1. The fourth-order valence-electron chi connectivity index (χ4n) is 6.82. The molecule has 0 aromatic heterocycles. The van der Waals surface area contributed by atoms with Gasteiger partial charge >= 0.3 is 11.9 Å². The fourth-order valence-corrected chi connectivity index (χ4v) is 6.82. The molecule has 2 aromatic carbocycles. The summed E-state index contributed by atoms with van der Waals surface area (Å²) in [6.45, 7) is -1.13. The van der Waals surface area contributed by atoms with Crippen molar-refractivity contribution >= 4 is 28.8 Å². The molecule has 0 radical (unpaired) electrons. The summed E-state index contributed by atoms with van der Waals surface area (Å²) in [7, 11) is 0. The highest BCUT2D eigenvalue weighted by atomic mass is 16.7. The highest BCUT2D eigenvalue weighted by molar-refractivity contribution is 6.14. The number of phenols is 1. The fraction of sp³-hybridized carbons (Fsp3) is 0.500. The number of carbonyl (C=O) groups is 2. The molecule has 2 aliphatic carbocycles. The van der Waals surface area contributed by atoms with Crippen LogP contribution in [0.1, 0.15) is 35.4 Å². The van der Waals surface area contributed by atoms with Crippen molar-refractivity contribution in [2.24, 2.45) is 17.1 Å². The van der Waals surface area contributed by atoms with Crippen LogP contribution in [0.4, 0.5) is 0 Å². The quantitative estimate of drug-likeness (QED) is 0.0848. The molecule has 2 aliphatic heterocycles. The normalized spacial score (nSPS) is 33.2. The number of rotatable bonds is 7. The lowest BCUT2D eigenvalue weighted by atomic mass is 9.75. The van der Waals surface area contributed by atoms with E-state index in [9.17, 15) is 55.2 Å². The molecule has 242 valence electrons. The van der Waals surface area contributed by atoms with Crippen molar-refractivity contribution in [3.63, 3.8) is 0 Å². The molecule has 10 N–H and O–H groups in total. The molecular formula is C30H33NO14. The van der Waals surface area contributed by atoms with E-state index in [0.29, 0.717) is 0 Å². The second kappa shape index (κ2) is 11.2. The summed E-state index contributed by atoms with van der Waals surface area (Å²) in [6.07, 6.45) is -9.05. The Bertz CT molecular complexity index is 1640. The van der Waals surface area contributed by atoms with E-state index in [1.165, 1.54) is 24.3 Å². The SMILES string of the molecule is NC1OC(OCCC2(Cc3cc4cc5c(ccc(O)c5c3=O)C3C(O)CC(=C4)C3(O)O)C(=O)OC2=O)C(O)C(O)C(O)C1CO. The Morgan fingerprint density at radius 1 is 1.00 bits per heavy atom. The Morgan fingerprint density at radius 2 is 1.71 bits per heavy atom. The molecule has 4 aliphatic rings. The third-order valence-corrected chi connectivity index (χ3v) is 9.44. The number of carbonyl (C=O) groups excluding carboxylic acids is 2. The Kier molecular flexibility index (Phi) is 7.85. The van der Waals surface area contributed by atoms with E-state index in [0.717, 1.165) is 0 Å². The molecule has 2 heterocycles. The van der Waals surface area contributed by atoms with Gasteiger partial charge in [0.2, 0.25) is 0 Å². The maximum absolute atomic E-state index is 13.9. The van der Waals surface area contributed by atoms with E-state index in [-0.39, 0.29) is 45.9 Å². The second-order valence-corrected chi connectivity index (χ2v) is 12.1. The van der Waals surface area contributed by atoms with Crippen molar-refractivity contribution in [3.8, 4) is 5.75 Å². The number of hydrogen-bond acceptors (Lipinski definition) is 15. The van der Waals surface area contributed by atoms with Gasteiger partial charge in [-0.15, -0.1) is 0 Å². The largest absolute Gasteiger partial charge is 0.507 e. The van der Waals surface area contributed by atoms with Crippen LogP contribution in [-0.4, -0.2) is 109 Å². The summed E-state index contributed by atoms with van der Waals surface area (Å²) in [6, 6.07) is 5.48. The standard InChI is InChI=1S/C30H33NO14/c31-25-16(10-32)22(36)23(37)24(38)26(44-25)43-4-3-29(27(39)45-28(29)40)9-12-5-11-6-13-8-18(34)20(30(13,41)42)14-1-2-17(33)19(21(12)35)15(14)7-11/h1-2,5-7,16,18,20,22-26,32-34,36-38,41-42H,3-4,8-10,31H2. The molecule has 2 aromatic rings. The van der Waals surface area contributed by atoms with Crippen LogP contribution in [0.3, 0.4) is 0 Å². The smallest absolute Gasteiger partial charge is 0.331 e. The molecule has 8 unspecified atom stereocenters. The molecule has 8 atom stereocenters. The molecular weight excluding hydrogens is 598 g/mol. The summed E-state index contributed by atoms with van der Waals surface area (Å²) in [5, 5.41) is 83.9. The number of phenolic OH excluding ortho intramolecular Hbond substituents is 1. The van der Waals surface area contributed by atoms with Crippen molar-refractivity contribution in [3.05, 3.63) is 56.8 Å². The summed E-state index contributed by atoms with van der Waals surface area (Å²) < 4.78 is 15.6. The molecule has 4 bridgehead atoms. The van der Waals surface area contributed by atoms with Crippen LogP contribution in [-0.2, 0) is 30.2 Å². The lowest BCUT2D eigenvalue weighted by Crippen LogP contribution is -2.56. The maximum atomic E-state index is 13.9. The Labute approximate surface area is 254 Å². The molecule has 2 saturated heterocycles. The van der Waals surface area contributed by atoms with Gasteiger partial charge in [-0.1, -0.05) is 12.1 Å². The van der Waals surface area contributed by atoms with Gasteiger partial charge in [-0.2, -0.15) is 0 Å². The Morgan fingerprint density at radius 3 is 2.38 bits per heavy atom. The van der Waals surface area contributed by atoms with Crippen LogP contribution in [0.25, 0.3) is 16.8 Å². The zero-order valence-corrected chi connectivity index (χ0v) is 23.6. The van der Waals surface area contributed by atoms with Gasteiger partial charge in [0, 0.05) is 18.4 Å². The summed E-state index contributed by atoms with van der Waals surface area (Å²) in [5.74, 6) is -7.22. The minimum absolute atomic E-state index is 0.0784. The van der Waals surface area contributed by atoms with Gasteiger partial charge in [0.15, 0.2) is 22.9 Å². The van der Waals surface area contributed by atoms with Gasteiger partial charge in [-0.3, -0.25) is 14.4 Å². The molecule has 15 heteroatoms. The van der Waals surface area contributed by atoms with Gasteiger partial charge in [-0.05, 0) is 46.7 Å². The Hall–Kier alpha value is -3.35. The lowest BCUT2D eigenvalue weighted by molar-refractivity contribution is -0.231. The highest BCUT2D eigenvalue weighted by Crippen LogP contribution is 2.49. The van der Waals surface area contributed by atoms with Crippen LogP contribution in [0.5, 0.6) is 5.75 Å². The number of ether oxygens (including phenoxy) is 3. The van der Waals surface area contributed by atoms with Gasteiger partial charge in [0.05, 0.1) is 42.6 Å². The predicted octanol–water partition coefficient (Wildman–Crippen LogP) is -2.82. The number of fused-ring (bicyclic) bond motifs is 4. The summed E-state index contributed by atoms with van der Waals surface area (Å²) in [4.78, 5) is 39.7.